The molecule has 0 aromatic rings. The van der Waals surface area contributed by atoms with Gasteiger partial charge in [-0.05, 0) is 45.4 Å². The van der Waals surface area contributed by atoms with Gasteiger partial charge in [0, 0.05) is 6.04 Å². The van der Waals surface area contributed by atoms with Gasteiger partial charge in [-0.1, -0.05) is 47.5 Å². The molecule has 0 saturated heterocycles. The summed E-state index contributed by atoms with van der Waals surface area (Å²) in [4.78, 5) is 28.2. The maximum atomic E-state index is 12.5. The van der Waals surface area contributed by atoms with Crippen molar-refractivity contribution < 1.29 is 19.4 Å². The van der Waals surface area contributed by atoms with E-state index in [9.17, 15) is 14.7 Å². The number of carbonyl (C=O) groups is 2. The molecule has 2 atom stereocenters. The molecule has 148 valence electrons. The van der Waals surface area contributed by atoms with Crippen molar-refractivity contribution in [2.45, 2.75) is 78.8 Å². The summed E-state index contributed by atoms with van der Waals surface area (Å²) in [7, 11) is 0. The standard InChI is InChI=1S/C19H38N2O4/c1-6-11-13-21(14-12-7-2)17(18(22)23)19(24)25-15-16(8-3)20(9-4)10-5/h16-17H,6-15H2,1-5H3,(H,22,23). The summed E-state index contributed by atoms with van der Waals surface area (Å²) < 4.78 is 5.44. The predicted molar refractivity (Wildman–Crippen MR) is 101 cm³/mol. The lowest BCUT2D eigenvalue weighted by molar-refractivity contribution is -0.162. The lowest BCUT2D eigenvalue weighted by atomic mass is 10.1. The van der Waals surface area contributed by atoms with E-state index in [1.165, 1.54) is 0 Å². The highest BCUT2D eigenvalue weighted by atomic mass is 16.5. The minimum absolute atomic E-state index is 0.133. The third-order valence-corrected chi connectivity index (χ3v) is 4.64. The lowest BCUT2D eigenvalue weighted by Gasteiger charge is -2.30. The number of likely N-dealkylation sites (N-methyl/N-ethyl adjacent to an activating group) is 1. The van der Waals surface area contributed by atoms with Gasteiger partial charge in [0.05, 0.1) is 0 Å². The first-order valence-corrected chi connectivity index (χ1v) is 9.84. The molecule has 2 unspecified atom stereocenters. The number of aliphatic carboxylic acids is 1. The molecule has 0 aliphatic carbocycles. The normalized spacial score (nSPS) is 13.9. The van der Waals surface area contributed by atoms with Gasteiger partial charge in [-0.15, -0.1) is 0 Å². The van der Waals surface area contributed by atoms with Crippen molar-refractivity contribution in [1.29, 1.82) is 0 Å². The summed E-state index contributed by atoms with van der Waals surface area (Å²) in [5, 5.41) is 9.58. The quantitative estimate of drug-likeness (QED) is 0.358. The monoisotopic (exact) mass is 358 g/mol. The van der Waals surface area contributed by atoms with Crippen molar-refractivity contribution in [2.75, 3.05) is 32.8 Å². The van der Waals surface area contributed by atoms with E-state index in [4.69, 9.17) is 4.74 Å². The molecule has 0 saturated carbocycles. The summed E-state index contributed by atoms with van der Waals surface area (Å²) in [6.07, 6.45) is 4.53. The van der Waals surface area contributed by atoms with Crippen LogP contribution in [0.25, 0.3) is 0 Å². The fourth-order valence-corrected chi connectivity index (χ4v) is 2.98. The molecule has 0 aromatic carbocycles. The van der Waals surface area contributed by atoms with E-state index >= 15 is 0 Å². The van der Waals surface area contributed by atoms with E-state index in [1.54, 1.807) is 4.90 Å². The number of carbonyl (C=O) groups excluding carboxylic acids is 1. The van der Waals surface area contributed by atoms with Crippen LogP contribution in [0.15, 0.2) is 0 Å². The number of carboxylic acids is 1. The number of ether oxygens (including phenoxy) is 1. The number of carboxylic acid groups (broad SMARTS) is 1. The fraction of sp³-hybridized carbons (Fsp3) is 0.895. The van der Waals surface area contributed by atoms with Crippen molar-refractivity contribution >= 4 is 11.9 Å². The molecule has 0 spiro atoms. The zero-order valence-corrected chi connectivity index (χ0v) is 16.8. The first-order chi connectivity index (χ1) is 12.0. The van der Waals surface area contributed by atoms with E-state index in [2.05, 4.69) is 39.5 Å². The molecule has 0 heterocycles. The topological polar surface area (TPSA) is 70.1 Å². The first kappa shape index (κ1) is 23.9. The van der Waals surface area contributed by atoms with E-state index < -0.39 is 18.0 Å². The molecule has 0 rings (SSSR count). The first-order valence-electron chi connectivity index (χ1n) is 9.84. The molecular weight excluding hydrogens is 320 g/mol. The molecule has 0 bridgehead atoms. The number of nitrogens with zero attached hydrogens (tertiary/aromatic N) is 2. The van der Waals surface area contributed by atoms with Crippen LogP contribution in [-0.4, -0.2) is 71.7 Å². The Kier molecular flexibility index (Phi) is 13.4. The smallest absolute Gasteiger partial charge is 0.335 e. The molecule has 0 radical (unpaired) electrons. The molecule has 6 heteroatoms. The molecular formula is C19H38N2O4. The highest BCUT2D eigenvalue weighted by Crippen LogP contribution is 2.10. The summed E-state index contributed by atoms with van der Waals surface area (Å²) >= 11 is 0. The summed E-state index contributed by atoms with van der Waals surface area (Å²) in [6.45, 7) is 13.5. The highest BCUT2D eigenvalue weighted by molar-refractivity contribution is 5.98. The Hall–Kier alpha value is -1.14. The Morgan fingerprint density at radius 1 is 0.920 bits per heavy atom. The average molecular weight is 359 g/mol. The van der Waals surface area contributed by atoms with Crippen LogP contribution in [0, 0.1) is 0 Å². The molecule has 1 N–H and O–H groups in total. The Labute approximate surface area is 153 Å². The molecule has 0 aliphatic rings. The lowest BCUT2D eigenvalue weighted by Crippen LogP contribution is -2.49. The Morgan fingerprint density at radius 3 is 1.80 bits per heavy atom. The Balaban J connectivity index is 4.96. The van der Waals surface area contributed by atoms with Crippen LogP contribution in [0.2, 0.25) is 0 Å². The van der Waals surface area contributed by atoms with Gasteiger partial charge >= 0.3 is 11.9 Å². The summed E-state index contributed by atoms with van der Waals surface area (Å²) in [5.74, 6) is -1.75. The van der Waals surface area contributed by atoms with Crippen molar-refractivity contribution in [3.63, 3.8) is 0 Å². The molecule has 25 heavy (non-hydrogen) atoms. The predicted octanol–water partition coefficient (Wildman–Crippen LogP) is 3.01. The second kappa shape index (κ2) is 14.1. The third-order valence-electron chi connectivity index (χ3n) is 4.64. The van der Waals surface area contributed by atoms with Gasteiger partial charge in [0.2, 0.25) is 6.04 Å². The van der Waals surface area contributed by atoms with Gasteiger partial charge in [-0.25, -0.2) is 9.59 Å². The second-order valence-corrected chi connectivity index (χ2v) is 6.40. The van der Waals surface area contributed by atoms with Crippen molar-refractivity contribution in [3.8, 4) is 0 Å². The number of rotatable bonds is 15. The van der Waals surface area contributed by atoms with Crippen molar-refractivity contribution in [3.05, 3.63) is 0 Å². The van der Waals surface area contributed by atoms with Crippen LogP contribution in [-0.2, 0) is 14.3 Å². The van der Waals surface area contributed by atoms with Gasteiger partial charge in [0.15, 0.2) is 0 Å². The summed E-state index contributed by atoms with van der Waals surface area (Å²) in [6, 6.07) is -1.07. The van der Waals surface area contributed by atoms with E-state index in [0.717, 1.165) is 45.2 Å². The van der Waals surface area contributed by atoms with E-state index in [0.29, 0.717) is 13.1 Å². The SMILES string of the molecule is CCCCN(CCCC)C(C(=O)O)C(=O)OCC(CC)N(CC)CC. The zero-order chi connectivity index (χ0) is 19.2. The second-order valence-electron chi connectivity index (χ2n) is 6.40. The molecule has 6 nitrogen and oxygen atoms in total. The van der Waals surface area contributed by atoms with Crippen LogP contribution < -0.4 is 0 Å². The van der Waals surface area contributed by atoms with Gasteiger partial charge in [-0.3, -0.25) is 9.80 Å². The fourth-order valence-electron chi connectivity index (χ4n) is 2.98. The van der Waals surface area contributed by atoms with Crippen molar-refractivity contribution in [1.82, 2.24) is 9.80 Å². The van der Waals surface area contributed by atoms with Crippen LogP contribution in [0.1, 0.15) is 66.7 Å². The molecule has 0 aliphatic heterocycles. The van der Waals surface area contributed by atoms with Crippen LogP contribution in [0.4, 0.5) is 0 Å². The highest BCUT2D eigenvalue weighted by Gasteiger charge is 2.34. The Morgan fingerprint density at radius 2 is 1.44 bits per heavy atom. The molecule has 0 amide bonds. The third kappa shape index (κ3) is 8.68. The largest absolute Gasteiger partial charge is 0.480 e. The van der Waals surface area contributed by atoms with Crippen LogP contribution in [0.3, 0.4) is 0 Å². The minimum atomic E-state index is -1.20. The van der Waals surface area contributed by atoms with Gasteiger partial charge < -0.3 is 9.84 Å². The minimum Gasteiger partial charge on any atom is -0.480 e. The number of hydrogen-bond donors (Lipinski definition) is 1. The van der Waals surface area contributed by atoms with Crippen LogP contribution >= 0.6 is 0 Å². The Bertz CT molecular complexity index is 364. The number of hydrogen-bond acceptors (Lipinski definition) is 5. The van der Waals surface area contributed by atoms with Gasteiger partial charge in [0.25, 0.3) is 0 Å². The van der Waals surface area contributed by atoms with E-state index in [-0.39, 0.29) is 12.6 Å². The number of esters is 1. The summed E-state index contributed by atoms with van der Waals surface area (Å²) in [5.41, 5.74) is 0. The maximum Gasteiger partial charge on any atom is 0.335 e. The molecule has 0 fully saturated rings. The van der Waals surface area contributed by atoms with Gasteiger partial charge in [0.1, 0.15) is 6.61 Å². The van der Waals surface area contributed by atoms with Crippen LogP contribution in [0.5, 0.6) is 0 Å². The van der Waals surface area contributed by atoms with E-state index in [1.807, 2.05) is 0 Å². The van der Waals surface area contributed by atoms with Crippen molar-refractivity contribution in [2.24, 2.45) is 0 Å². The molecule has 0 aromatic heterocycles. The number of unbranched alkanes of at least 4 members (excludes halogenated alkanes) is 2. The van der Waals surface area contributed by atoms with Gasteiger partial charge in [-0.2, -0.15) is 0 Å². The maximum absolute atomic E-state index is 12.5. The zero-order valence-electron chi connectivity index (χ0n) is 16.8. The average Bonchev–Trinajstić information content (AvgIpc) is 2.60.